The minimum Gasteiger partial charge on any atom is -0.497 e. The maximum absolute atomic E-state index is 13.2. The first-order chi connectivity index (χ1) is 14.7. The Kier molecular flexibility index (Phi) is 6.67. The lowest BCUT2D eigenvalue weighted by atomic mass is 10.2. The van der Waals surface area contributed by atoms with E-state index in [-0.39, 0.29) is 5.91 Å². The second-order valence-electron chi connectivity index (χ2n) is 6.70. The third-order valence-electron chi connectivity index (χ3n) is 4.64. The predicted octanol–water partition coefficient (Wildman–Crippen LogP) is 6.02. The fourth-order valence-corrected chi connectivity index (χ4v) is 4.89. The van der Waals surface area contributed by atoms with Gasteiger partial charge in [-0.2, -0.15) is 0 Å². The number of carbonyl (C=O) groups excluding carboxylic acids is 1. The summed E-state index contributed by atoms with van der Waals surface area (Å²) >= 11 is 3.23. The quantitative estimate of drug-likeness (QED) is 0.318. The zero-order valence-corrected chi connectivity index (χ0v) is 18.3. The fraction of sp³-hybridized carbons (Fsp3) is 0.167. The van der Waals surface area contributed by atoms with Crippen LogP contribution >= 0.6 is 23.1 Å². The van der Waals surface area contributed by atoms with Gasteiger partial charge < -0.3 is 4.74 Å². The number of hydrogen-bond acceptors (Lipinski definition) is 5. The molecule has 1 aromatic heterocycles. The summed E-state index contributed by atoms with van der Waals surface area (Å²) in [5.74, 6) is 1.63. The van der Waals surface area contributed by atoms with Crippen molar-refractivity contribution in [3.05, 3.63) is 84.4 Å². The van der Waals surface area contributed by atoms with Crippen molar-refractivity contribution in [3.63, 3.8) is 0 Å². The van der Waals surface area contributed by atoms with Gasteiger partial charge >= 0.3 is 0 Å². The van der Waals surface area contributed by atoms with Crippen LogP contribution in [-0.4, -0.2) is 23.8 Å². The van der Waals surface area contributed by atoms with Gasteiger partial charge in [-0.1, -0.05) is 53.8 Å². The standard InChI is InChI=1S/C24H22N2O2S2/c1-28-19-11-13-20(14-12-19)29-16-15-23(27)26(17-18-7-3-2-4-8-18)24-25-21-9-5-6-10-22(21)30-24/h2-14H,15-17H2,1H3. The summed E-state index contributed by atoms with van der Waals surface area (Å²) in [5, 5.41) is 0.750. The van der Waals surface area contributed by atoms with Crippen LogP contribution < -0.4 is 9.64 Å². The van der Waals surface area contributed by atoms with E-state index in [1.54, 1.807) is 30.2 Å². The number of aromatic nitrogens is 1. The van der Waals surface area contributed by atoms with Gasteiger partial charge in [0.2, 0.25) is 5.91 Å². The molecule has 0 aliphatic rings. The minimum absolute atomic E-state index is 0.0823. The third kappa shape index (κ3) is 5.01. The van der Waals surface area contributed by atoms with Gasteiger partial charge in [-0.05, 0) is 42.0 Å². The lowest BCUT2D eigenvalue weighted by molar-refractivity contribution is -0.118. The van der Waals surface area contributed by atoms with E-state index in [1.165, 1.54) is 0 Å². The summed E-state index contributed by atoms with van der Waals surface area (Å²) < 4.78 is 6.29. The molecule has 0 saturated carbocycles. The first-order valence-electron chi connectivity index (χ1n) is 9.69. The molecule has 0 atom stereocenters. The molecule has 0 fully saturated rings. The molecule has 152 valence electrons. The number of rotatable bonds is 8. The molecule has 0 aliphatic carbocycles. The Hall–Kier alpha value is -2.83. The molecular weight excluding hydrogens is 412 g/mol. The van der Waals surface area contributed by atoms with E-state index >= 15 is 0 Å². The van der Waals surface area contributed by atoms with E-state index in [4.69, 9.17) is 9.72 Å². The highest BCUT2D eigenvalue weighted by Gasteiger charge is 2.20. The monoisotopic (exact) mass is 434 g/mol. The number of para-hydroxylation sites is 1. The molecule has 0 bridgehead atoms. The van der Waals surface area contributed by atoms with Gasteiger partial charge in [0.1, 0.15) is 5.75 Å². The van der Waals surface area contributed by atoms with Gasteiger partial charge in [0.25, 0.3) is 0 Å². The summed E-state index contributed by atoms with van der Waals surface area (Å²) in [6, 6.07) is 26.0. The van der Waals surface area contributed by atoms with Crippen LogP contribution in [0.15, 0.2) is 83.8 Å². The van der Waals surface area contributed by atoms with E-state index in [2.05, 4.69) is 0 Å². The predicted molar refractivity (Wildman–Crippen MR) is 126 cm³/mol. The number of fused-ring (bicyclic) bond motifs is 1. The highest BCUT2D eigenvalue weighted by Crippen LogP contribution is 2.30. The lowest BCUT2D eigenvalue weighted by Crippen LogP contribution is -2.30. The zero-order chi connectivity index (χ0) is 20.8. The Morgan fingerprint density at radius 1 is 1.00 bits per heavy atom. The van der Waals surface area contributed by atoms with E-state index in [1.807, 2.05) is 83.8 Å². The van der Waals surface area contributed by atoms with Crippen LogP contribution in [0.5, 0.6) is 5.75 Å². The van der Waals surface area contributed by atoms with Crippen LogP contribution in [-0.2, 0) is 11.3 Å². The highest BCUT2D eigenvalue weighted by atomic mass is 32.2. The average Bonchev–Trinajstić information content (AvgIpc) is 3.22. The van der Waals surface area contributed by atoms with E-state index in [0.29, 0.717) is 18.7 Å². The van der Waals surface area contributed by atoms with Crippen LogP contribution in [0.2, 0.25) is 0 Å². The van der Waals surface area contributed by atoms with Crippen LogP contribution in [0.4, 0.5) is 5.13 Å². The van der Waals surface area contributed by atoms with E-state index in [9.17, 15) is 4.79 Å². The number of benzene rings is 3. The normalized spacial score (nSPS) is 10.8. The summed E-state index contributed by atoms with van der Waals surface area (Å²) in [6.45, 7) is 0.521. The molecule has 0 aliphatic heterocycles. The van der Waals surface area contributed by atoms with Crippen LogP contribution in [0, 0.1) is 0 Å². The zero-order valence-electron chi connectivity index (χ0n) is 16.7. The number of ether oxygens (including phenoxy) is 1. The number of hydrogen-bond donors (Lipinski definition) is 0. The second kappa shape index (κ2) is 9.78. The van der Waals surface area contributed by atoms with Gasteiger partial charge in [-0.3, -0.25) is 9.69 Å². The number of methoxy groups -OCH3 is 1. The Bertz CT molecular complexity index is 1080. The van der Waals surface area contributed by atoms with Crippen molar-refractivity contribution in [2.45, 2.75) is 17.9 Å². The molecule has 4 aromatic rings. The summed E-state index contributed by atoms with van der Waals surface area (Å²) in [6.07, 6.45) is 0.444. The molecule has 6 heteroatoms. The van der Waals surface area contributed by atoms with Gasteiger partial charge in [-0.25, -0.2) is 4.98 Å². The first-order valence-corrected chi connectivity index (χ1v) is 11.5. The second-order valence-corrected chi connectivity index (χ2v) is 8.88. The Morgan fingerprint density at radius 3 is 2.47 bits per heavy atom. The fourth-order valence-electron chi connectivity index (χ4n) is 3.07. The smallest absolute Gasteiger partial charge is 0.229 e. The lowest BCUT2D eigenvalue weighted by Gasteiger charge is -2.20. The SMILES string of the molecule is COc1ccc(SCCC(=O)N(Cc2ccccc2)c2nc3ccccc3s2)cc1. The van der Waals surface area contributed by atoms with Gasteiger partial charge in [-0.15, -0.1) is 11.8 Å². The molecule has 1 heterocycles. The van der Waals surface area contributed by atoms with Crippen LogP contribution in [0.3, 0.4) is 0 Å². The molecule has 4 rings (SSSR count). The summed E-state index contributed by atoms with van der Waals surface area (Å²) in [7, 11) is 1.66. The number of carbonyl (C=O) groups is 1. The minimum atomic E-state index is 0.0823. The first kappa shape index (κ1) is 20.4. The number of amides is 1. The molecular formula is C24H22N2O2S2. The number of nitrogens with zero attached hydrogens (tertiary/aromatic N) is 2. The molecule has 30 heavy (non-hydrogen) atoms. The van der Waals surface area contributed by atoms with Gasteiger partial charge in [0.05, 0.1) is 23.9 Å². The molecule has 0 N–H and O–H groups in total. The van der Waals surface area contributed by atoms with Crippen molar-refractivity contribution >= 4 is 44.4 Å². The summed E-state index contributed by atoms with van der Waals surface area (Å²) in [5.41, 5.74) is 2.02. The topological polar surface area (TPSA) is 42.4 Å². The highest BCUT2D eigenvalue weighted by molar-refractivity contribution is 7.99. The molecule has 3 aromatic carbocycles. The molecule has 4 nitrogen and oxygen atoms in total. The van der Waals surface area contributed by atoms with E-state index in [0.717, 1.165) is 31.6 Å². The van der Waals surface area contributed by atoms with E-state index < -0.39 is 0 Å². The average molecular weight is 435 g/mol. The van der Waals surface area contributed by atoms with Crippen LogP contribution in [0.25, 0.3) is 10.2 Å². The number of thiazole rings is 1. The maximum Gasteiger partial charge on any atom is 0.229 e. The van der Waals surface area contributed by atoms with Crippen molar-refractivity contribution in [1.82, 2.24) is 4.98 Å². The Balaban J connectivity index is 1.48. The van der Waals surface area contributed by atoms with Crippen molar-refractivity contribution in [1.29, 1.82) is 0 Å². The molecule has 0 spiro atoms. The number of thioether (sulfide) groups is 1. The van der Waals surface area contributed by atoms with Crippen molar-refractivity contribution in [2.24, 2.45) is 0 Å². The van der Waals surface area contributed by atoms with Crippen LogP contribution in [0.1, 0.15) is 12.0 Å². The van der Waals surface area contributed by atoms with Crippen molar-refractivity contribution < 1.29 is 9.53 Å². The number of anilines is 1. The molecule has 0 saturated heterocycles. The van der Waals surface area contributed by atoms with Crippen molar-refractivity contribution in [3.8, 4) is 5.75 Å². The molecule has 0 unspecified atom stereocenters. The van der Waals surface area contributed by atoms with Gasteiger partial charge in [0.15, 0.2) is 5.13 Å². The largest absolute Gasteiger partial charge is 0.497 e. The third-order valence-corrected chi connectivity index (χ3v) is 6.72. The Labute approximate surface area is 184 Å². The van der Waals surface area contributed by atoms with Gasteiger partial charge in [0, 0.05) is 17.1 Å². The summed E-state index contributed by atoms with van der Waals surface area (Å²) in [4.78, 5) is 20.8. The molecule has 1 amide bonds. The maximum atomic E-state index is 13.2. The van der Waals surface area contributed by atoms with Crippen molar-refractivity contribution in [2.75, 3.05) is 17.8 Å². The molecule has 0 radical (unpaired) electrons. The Morgan fingerprint density at radius 2 is 1.73 bits per heavy atom.